The minimum Gasteiger partial charge on any atom is -0.330 e. The van der Waals surface area contributed by atoms with Crippen molar-refractivity contribution in [3.05, 3.63) is 46.4 Å². The Morgan fingerprint density at radius 2 is 1.90 bits per heavy atom. The maximum atomic E-state index is 5.85. The summed E-state index contributed by atoms with van der Waals surface area (Å²) in [6.07, 6.45) is 0.904. The zero-order valence-electron chi connectivity index (χ0n) is 12.6. The van der Waals surface area contributed by atoms with Crippen LogP contribution in [0, 0.1) is 27.7 Å². The van der Waals surface area contributed by atoms with Crippen molar-refractivity contribution in [2.75, 3.05) is 6.54 Å². The van der Waals surface area contributed by atoms with Gasteiger partial charge in [0.15, 0.2) is 0 Å². The number of fused-ring (bicyclic) bond motifs is 3. The second-order valence-corrected chi connectivity index (χ2v) is 5.54. The van der Waals surface area contributed by atoms with Gasteiger partial charge >= 0.3 is 0 Å². The van der Waals surface area contributed by atoms with Crippen LogP contribution in [0.15, 0.2) is 18.2 Å². The van der Waals surface area contributed by atoms with Crippen molar-refractivity contribution in [2.24, 2.45) is 5.73 Å². The van der Waals surface area contributed by atoms with E-state index in [0.29, 0.717) is 6.54 Å². The highest BCUT2D eigenvalue weighted by Gasteiger charge is 2.17. The van der Waals surface area contributed by atoms with Crippen LogP contribution in [0.5, 0.6) is 0 Å². The highest BCUT2D eigenvalue weighted by molar-refractivity contribution is 5.96. The first-order chi connectivity index (χ1) is 9.56. The number of nitrogens with zero attached hydrogens (tertiary/aromatic N) is 2. The number of hydrogen-bond donors (Lipinski definition) is 1. The maximum Gasteiger partial charge on any atom is 0.110 e. The molecule has 3 aromatic rings. The molecule has 3 nitrogen and oxygen atoms in total. The first-order valence-electron chi connectivity index (χ1n) is 7.12. The molecule has 2 N–H and O–H groups in total. The van der Waals surface area contributed by atoms with Gasteiger partial charge in [-0.05, 0) is 63.4 Å². The average molecular weight is 267 g/mol. The number of nitrogens with two attached hydrogens (primary N) is 1. The molecule has 1 aromatic carbocycles. The van der Waals surface area contributed by atoms with E-state index in [0.717, 1.165) is 17.9 Å². The molecule has 0 fully saturated rings. The van der Waals surface area contributed by atoms with Gasteiger partial charge in [0, 0.05) is 11.1 Å². The molecule has 104 valence electrons. The van der Waals surface area contributed by atoms with Crippen molar-refractivity contribution in [2.45, 2.75) is 34.1 Å². The fourth-order valence-electron chi connectivity index (χ4n) is 3.27. The third-order valence-electron chi connectivity index (χ3n) is 4.25. The first-order valence-corrected chi connectivity index (χ1v) is 7.12. The van der Waals surface area contributed by atoms with Gasteiger partial charge in [-0.25, -0.2) is 4.98 Å². The fraction of sp³-hybridized carbons (Fsp3) is 0.353. The highest BCUT2D eigenvalue weighted by atomic mass is 15.0. The van der Waals surface area contributed by atoms with Gasteiger partial charge in [0.1, 0.15) is 5.82 Å². The van der Waals surface area contributed by atoms with Crippen molar-refractivity contribution in [1.82, 2.24) is 9.38 Å². The van der Waals surface area contributed by atoms with E-state index < -0.39 is 0 Å². The normalized spacial score (nSPS) is 11.7. The molecule has 2 heterocycles. The minimum absolute atomic E-state index is 0.670. The lowest BCUT2D eigenvalue weighted by Gasteiger charge is -2.09. The highest BCUT2D eigenvalue weighted by Crippen LogP contribution is 2.32. The van der Waals surface area contributed by atoms with E-state index in [1.54, 1.807) is 0 Å². The molecular formula is C17H21N3. The predicted octanol–water partition coefficient (Wildman–Crippen LogP) is 3.22. The van der Waals surface area contributed by atoms with Crippen molar-refractivity contribution in [1.29, 1.82) is 0 Å². The number of aromatic nitrogens is 2. The quantitative estimate of drug-likeness (QED) is 0.774. The molecule has 3 heteroatoms. The molecule has 0 aliphatic carbocycles. The van der Waals surface area contributed by atoms with Crippen molar-refractivity contribution in [3.8, 4) is 0 Å². The second-order valence-electron chi connectivity index (χ2n) is 5.54. The summed E-state index contributed by atoms with van der Waals surface area (Å²) in [5, 5.41) is 1.34. The smallest absolute Gasteiger partial charge is 0.110 e. The standard InChI is InChI=1S/C17H21N3/c1-10-6-5-7-15-16(10)14(8-9-18)17-11(2)12(3)19-13(4)20(15)17/h5-7H,8-9,18H2,1-4H3. The molecule has 0 atom stereocenters. The molecule has 0 amide bonds. The predicted molar refractivity (Wildman–Crippen MR) is 84.4 cm³/mol. The van der Waals surface area contributed by atoms with Gasteiger partial charge in [0.2, 0.25) is 0 Å². The van der Waals surface area contributed by atoms with Crippen LogP contribution in [-0.2, 0) is 6.42 Å². The summed E-state index contributed by atoms with van der Waals surface area (Å²) < 4.78 is 2.29. The Morgan fingerprint density at radius 3 is 2.60 bits per heavy atom. The Kier molecular flexibility index (Phi) is 3.02. The van der Waals surface area contributed by atoms with Gasteiger partial charge < -0.3 is 5.73 Å². The Labute approximate surface area is 119 Å². The van der Waals surface area contributed by atoms with E-state index in [-0.39, 0.29) is 0 Å². The number of rotatable bonds is 2. The summed E-state index contributed by atoms with van der Waals surface area (Å²) >= 11 is 0. The van der Waals surface area contributed by atoms with Gasteiger partial charge in [-0.3, -0.25) is 4.40 Å². The van der Waals surface area contributed by atoms with Crippen molar-refractivity contribution in [3.63, 3.8) is 0 Å². The van der Waals surface area contributed by atoms with E-state index in [4.69, 9.17) is 5.73 Å². The van der Waals surface area contributed by atoms with Crippen LogP contribution in [0.2, 0.25) is 0 Å². The first kappa shape index (κ1) is 13.1. The zero-order valence-corrected chi connectivity index (χ0v) is 12.6. The van der Waals surface area contributed by atoms with Crippen LogP contribution in [-0.4, -0.2) is 15.9 Å². The maximum absolute atomic E-state index is 5.85. The Morgan fingerprint density at radius 1 is 1.15 bits per heavy atom. The molecule has 0 bridgehead atoms. The molecular weight excluding hydrogens is 246 g/mol. The molecule has 0 saturated carbocycles. The summed E-state index contributed by atoms with van der Waals surface area (Å²) in [6, 6.07) is 6.47. The van der Waals surface area contributed by atoms with Gasteiger partial charge in [-0.2, -0.15) is 0 Å². The molecule has 2 aromatic heterocycles. The van der Waals surface area contributed by atoms with Gasteiger partial charge in [0.05, 0.1) is 11.0 Å². The van der Waals surface area contributed by atoms with E-state index in [9.17, 15) is 0 Å². The molecule has 0 radical (unpaired) electrons. The Balaban J connectivity index is 2.64. The largest absolute Gasteiger partial charge is 0.330 e. The van der Waals surface area contributed by atoms with Crippen LogP contribution >= 0.6 is 0 Å². The Bertz CT molecular complexity index is 812. The van der Waals surface area contributed by atoms with E-state index >= 15 is 0 Å². The third-order valence-corrected chi connectivity index (χ3v) is 4.25. The topological polar surface area (TPSA) is 43.3 Å². The van der Waals surface area contributed by atoms with E-state index in [2.05, 4.69) is 55.3 Å². The molecule has 0 aliphatic heterocycles. The van der Waals surface area contributed by atoms with Crippen molar-refractivity contribution >= 4 is 16.4 Å². The van der Waals surface area contributed by atoms with Crippen LogP contribution in [0.25, 0.3) is 16.4 Å². The van der Waals surface area contributed by atoms with E-state index in [1.165, 1.54) is 33.1 Å². The molecule has 3 rings (SSSR count). The minimum atomic E-state index is 0.670. The molecule has 0 spiro atoms. The number of aryl methyl sites for hydroxylation is 4. The molecule has 0 saturated heterocycles. The number of benzene rings is 1. The SMILES string of the molecule is Cc1nc(C)n2c(c1C)c(CCN)c1c(C)cccc12. The molecule has 20 heavy (non-hydrogen) atoms. The van der Waals surface area contributed by atoms with Gasteiger partial charge in [-0.15, -0.1) is 0 Å². The monoisotopic (exact) mass is 267 g/mol. The summed E-state index contributed by atoms with van der Waals surface area (Å²) in [5.41, 5.74) is 13.4. The van der Waals surface area contributed by atoms with Gasteiger partial charge in [-0.1, -0.05) is 12.1 Å². The third kappa shape index (κ3) is 1.66. The summed E-state index contributed by atoms with van der Waals surface area (Å²) in [4.78, 5) is 4.69. The molecule has 0 unspecified atom stereocenters. The lowest BCUT2D eigenvalue weighted by atomic mass is 10.0. The lowest BCUT2D eigenvalue weighted by molar-refractivity contribution is 0.947. The number of hydrogen-bond acceptors (Lipinski definition) is 2. The van der Waals surface area contributed by atoms with E-state index in [1.807, 2.05) is 0 Å². The second kappa shape index (κ2) is 4.60. The zero-order chi connectivity index (χ0) is 14.4. The summed E-state index contributed by atoms with van der Waals surface area (Å²) in [5.74, 6) is 1.04. The van der Waals surface area contributed by atoms with Crippen LogP contribution < -0.4 is 5.73 Å². The van der Waals surface area contributed by atoms with Crippen LogP contribution in [0.3, 0.4) is 0 Å². The van der Waals surface area contributed by atoms with Crippen molar-refractivity contribution < 1.29 is 0 Å². The lowest BCUT2D eigenvalue weighted by Crippen LogP contribution is -2.05. The van der Waals surface area contributed by atoms with Gasteiger partial charge in [0.25, 0.3) is 0 Å². The Hall–Kier alpha value is -1.87. The van der Waals surface area contributed by atoms with Crippen LogP contribution in [0.1, 0.15) is 28.2 Å². The summed E-state index contributed by atoms with van der Waals surface area (Å²) in [7, 11) is 0. The van der Waals surface area contributed by atoms with Crippen LogP contribution in [0.4, 0.5) is 0 Å². The fourth-order valence-corrected chi connectivity index (χ4v) is 3.27. The average Bonchev–Trinajstić information content (AvgIpc) is 2.73. The summed E-state index contributed by atoms with van der Waals surface area (Å²) in [6.45, 7) is 9.16. The molecule has 0 aliphatic rings.